The summed E-state index contributed by atoms with van der Waals surface area (Å²) >= 11 is 0. The fourth-order valence-corrected chi connectivity index (χ4v) is 15.2. The van der Waals surface area contributed by atoms with Crippen LogP contribution in [0.4, 0.5) is 68.2 Å². The Morgan fingerprint density at radius 3 is 0.592 bits per heavy atom. The molecule has 0 saturated heterocycles. The lowest BCUT2D eigenvalue weighted by Gasteiger charge is -2.29. The molecule has 12 aromatic carbocycles. The van der Waals surface area contributed by atoms with Crippen LogP contribution in [0.2, 0.25) is 0 Å². The van der Waals surface area contributed by atoms with Gasteiger partial charge in [-0.05, 0) is 250 Å². The highest BCUT2D eigenvalue weighted by Crippen LogP contribution is 2.43. The van der Waals surface area contributed by atoms with Gasteiger partial charge in [-0.15, -0.1) is 0 Å². The van der Waals surface area contributed by atoms with Crippen LogP contribution in [0.25, 0.3) is 0 Å². The Morgan fingerprint density at radius 1 is 0.214 bits per heavy atom. The Bertz CT molecular complexity index is 4800. The molecule has 0 aliphatic carbocycles. The normalized spacial score (nSPS) is 12.2. The highest BCUT2D eigenvalue weighted by atomic mass is 32.2. The molecule has 0 aromatic heterocycles. The molecule has 0 atom stereocenters. The lowest BCUT2D eigenvalue weighted by atomic mass is 9.79. The van der Waals surface area contributed by atoms with Gasteiger partial charge >= 0.3 is 0 Å². The maximum atomic E-state index is 14.6. The highest BCUT2D eigenvalue weighted by molar-refractivity contribution is 7.91. The minimum atomic E-state index is -3.92. The number of rotatable bonds is 19. The Balaban J connectivity index is 0.769. The number of sulfone groups is 2. The molecule has 0 radical (unpaired) electrons. The van der Waals surface area contributed by atoms with Crippen molar-refractivity contribution in [2.45, 2.75) is 124 Å². The molecular formula is C88H86N4O4S2. The van der Waals surface area contributed by atoms with Crippen molar-refractivity contribution in [3.63, 3.8) is 0 Å². The number of benzene rings is 12. The van der Waals surface area contributed by atoms with Crippen molar-refractivity contribution in [3.05, 3.63) is 337 Å². The van der Waals surface area contributed by atoms with Gasteiger partial charge in [0.15, 0.2) is 0 Å². The molecule has 10 heteroatoms. The second kappa shape index (κ2) is 27.3. The molecule has 0 heterocycles. The zero-order valence-corrected chi connectivity index (χ0v) is 59.5. The van der Waals surface area contributed by atoms with Crippen LogP contribution >= 0.6 is 0 Å². The third-order valence-corrected chi connectivity index (χ3v) is 22.0. The summed E-state index contributed by atoms with van der Waals surface area (Å²) in [5.74, 6) is 0. The van der Waals surface area contributed by atoms with E-state index >= 15 is 0 Å². The van der Waals surface area contributed by atoms with Gasteiger partial charge in [0, 0.05) is 68.2 Å². The van der Waals surface area contributed by atoms with E-state index in [1.165, 1.54) is 22.3 Å². The van der Waals surface area contributed by atoms with Gasteiger partial charge in [-0.3, -0.25) is 0 Å². The first-order valence-electron chi connectivity index (χ1n) is 33.5. The van der Waals surface area contributed by atoms with Crippen LogP contribution in [0, 0.1) is 0 Å². The molecule has 0 fully saturated rings. The van der Waals surface area contributed by atoms with Gasteiger partial charge in [-0.25, -0.2) is 16.8 Å². The summed E-state index contributed by atoms with van der Waals surface area (Å²) in [7, 11) is -7.78. The summed E-state index contributed by atoms with van der Waals surface area (Å²) < 4.78 is 57.7. The molecule has 0 bridgehead atoms. The number of para-hydroxylation sites is 3. The smallest absolute Gasteiger partial charge is 0.206 e. The van der Waals surface area contributed by atoms with Gasteiger partial charge in [-0.1, -0.05) is 191 Å². The Morgan fingerprint density at radius 2 is 0.388 bits per heavy atom. The van der Waals surface area contributed by atoms with Crippen LogP contribution in [-0.4, -0.2) is 16.8 Å². The quantitative estimate of drug-likeness (QED) is 0.0792. The largest absolute Gasteiger partial charge is 0.311 e. The Kier molecular flexibility index (Phi) is 18.9. The molecule has 0 N–H and O–H groups in total. The van der Waals surface area contributed by atoms with E-state index in [-0.39, 0.29) is 41.2 Å². The van der Waals surface area contributed by atoms with Crippen molar-refractivity contribution < 1.29 is 16.8 Å². The second-order valence-corrected chi connectivity index (χ2v) is 32.9. The van der Waals surface area contributed by atoms with Crippen molar-refractivity contribution in [1.82, 2.24) is 0 Å². The van der Waals surface area contributed by atoms with Crippen LogP contribution < -0.4 is 19.6 Å². The molecule has 12 rings (SSSR count). The Labute approximate surface area is 581 Å². The molecule has 98 heavy (non-hydrogen) atoms. The van der Waals surface area contributed by atoms with E-state index in [2.05, 4.69) is 229 Å². The van der Waals surface area contributed by atoms with Crippen molar-refractivity contribution >= 4 is 87.9 Å². The third-order valence-electron chi connectivity index (χ3n) is 18.4. The van der Waals surface area contributed by atoms with Crippen LogP contribution in [0.1, 0.15) is 104 Å². The van der Waals surface area contributed by atoms with Crippen LogP contribution in [0.3, 0.4) is 0 Å². The van der Waals surface area contributed by atoms with Crippen molar-refractivity contribution in [1.29, 1.82) is 0 Å². The van der Waals surface area contributed by atoms with E-state index in [1.807, 2.05) is 127 Å². The minimum Gasteiger partial charge on any atom is -0.311 e. The summed E-state index contributed by atoms with van der Waals surface area (Å²) in [4.78, 5) is 9.45. The lowest BCUT2D eigenvalue weighted by Crippen LogP contribution is -2.21. The minimum absolute atomic E-state index is 0.00751. The van der Waals surface area contributed by atoms with E-state index < -0.39 is 19.7 Å². The van der Waals surface area contributed by atoms with Crippen molar-refractivity contribution in [3.8, 4) is 0 Å². The van der Waals surface area contributed by atoms with Gasteiger partial charge in [0.2, 0.25) is 19.7 Å². The number of hydrogen-bond donors (Lipinski definition) is 0. The number of anilines is 12. The first-order chi connectivity index (χ1) is 46.7. The predicted molar refractivity (Wildman–Crippen MR) is 408 cm³/mol. The van der Waals surface area contributed by atoms with Crippen molar-refractivity contribution in [2.75, 3.05) is 19.6 Å². The Hall–Kier alpha value is -10.3. The fourth-order valence-electron chi connectivity index (χ4n) is 12.7. The van der Waals surface area contributed by atoms with Crippen LogP contribution in [0.15, 0.2) is 329 Å². The molecule has 0 aliphatic heterocycles. The zero-order valence-electron chi connectivity index (χ0n) is 57.9. The number of hydrogen-bond acceptors (Lipinski definition) is 8. The first kappa shape index (κ1) is 67.7. The van der Waals surface area contributed by atoms with E-state index in [4.69, 9.17) is 0 Å². The van der Waals surface area contributed by atoms with E-state index in [9.17, 15) is 16.8 Å². The molecule has 494 valence electrons. The summed E-state index contributed by atoms with van der Waals surface area (Å²) in [5.41, 5.74) is 16.7. The summed E-state index contributed by atoms with van der Waals surface area (Å²) in [6.07, 6.45) is 0.758. The molecule has 0 unspecified atom stereocenters. The fraction of sp³-hybridized carbons (Fsp3) is 0.182. The summed E-state index contributed by atoms with van der Waals surface area (Å²) in [5, 5.41) is 0. The second-order valence-electron chi connectivity index (χ2n) is 29.0. The van der Waals surface area contributed by atoms with Gasteiger partial charge in [0.1, 0.15) is 0 Å². The summed E-state index contributed by atoms with van der Waals surface area (Å²) in [6, 6.07) is 102. The molecular weight excluding hydrogens is 1240 g/mol. The van der Waals surface area contributed by atoms with E-state index in [0.29, 0.717) is 0 Å². The van der Waals surface area contributed by atoms with Crippen molar-refractivity contribution in [2.24, 2.45) is 0 Å². The maximum Gasteiger partial charge on any atom is 0.206 e. The SMILES string of the molecule is CC(C)(C)c1ccc(N(c2ccc(C(C)(C)C)cc2)c2ccc(S(=O)(=O)c3ccc(N(c4ccc(C(C)(C)C)cc4)c4ccc(C(C)(C)Cc5ccc(N(c6ccccc6)c6ccc(S(=O)(=O)c7ccc(N(c8ccccc8)c8ccccc8)cc7)cc6)cc5)cc4)cc3)cc2)cc1. The molecule has 0 amide bonds. The van der Waals surface area contributed by atoms with Crippen LogP contribution in [-0.2, 0) is 47.8 Å². The maximum absolute atomic E-state index is 14.6. The zero-order chi connectivity index (χ0) is 69.2. The predicted octanol–water partition coefficient (Wildman–Crippen LogP) is 23.6. The average molecular weight is 1330 g/mol. The molecule has 0 saturated carbocycles. The standard InChI is InChI=1S/C88H86N4O4S2/c1-85(2,3)65-29-39-73(40-30-65)91(74-41-31-66(32-42-74)86(4,5)6)79-51-59-83(60-52-79)98(95,96)84-61-53-80(54-62-84)92(75-43-33-67(34-44-75)87(7,8)9)76-45-35-68(36-46-76)88(10,11)63-64-27-37-72(38-28-64)90(71-25-19-14-20-26-71)78-49-57-82(58-50-78)97(93,94)81-55-47-77(48-56-81)89(69-21-15-12-16-22-69)70-23-17-13-18-24-70/h12-62H,63H2,1-11H3. The molecule has 0 aliphatic rings. The van der Waals surface area contributed by atoms with Gasteiger partial charge in [0.05, 0.1) is 19.6 Å². The monoisotopic (exact) mass is 1330 g/mol. The molecule has 12 aromatic rings. The molecule has 0 spiro atoms. The average Bonchev–Trinajstić information content (AvgIpc) is 0.788. The topological polar surface area (TPSA) is 81.2 Å². The highest BCUT2D eigenvalue weighted by Gasteiger charge is 2.27. The molecule has 8 nitrogen and oxygen atoms in total. The van der Waals surface area contributed by atoms with Crippen LogP contribution in [0.5, 0.6) is 0 Å². The summed E-state index contributed by atoms with van der Waals surface area (Å²) in [6.45, 7) is 24.4. The van der Waals surface area contributed by atoms with Gasteiger partial charge in [0.25, 0.3) is 0 Å². The van der Waals surface area contributed by atoms with Gasteiger partial charge < -0.3 is 19.6 Å². The van der Waals surface area contributed by atoms with E-state index in [0.717, 1.165) is 80.2 Å². The van der Waals surface area contributed by atoms with E-state index in [1.54, 1.807) is 48.5 Å². The first-order valence-corrected chi connectivity index (χ1v) is 36.5. The van der Waals surface area contributed by atoms with Gasteiger partial charge in [-0.2, -0.15) is 0 Å². The lowest BCUT2D eigenvalue weighted by molar-refractivity contribution is 0.522. The number of nitrogens with zero attached hydrogens (tertiary/aromatic N) is 4. The third kappa shape index (κ3) is 14.7.